The number of ketones is 2. The number of ether oxygens (including phenoxy) is 2. The van der Waals surface area contributed by atoms with Gasteiger partial charge in [0.1, 0.15) is 37.1 Å². The van der Waals surface area contributed by atoms with Gasteiger partial charge >= 0.3 is 18.1 Å². The van der Waals surface area contributed by atoms with Gasteiger partial charge in [-0.25, -0.2) is 9.59 Å². The van der Waals surface area contributed by atoms with Crippen molar-refractivity contribution in [3.63, 3.8) is 0 Å². The predicted molar refractivity (Wildman–Crippen MR) is 241 cm³/mol. The molecule has 0 saturated heterocycles. The van der Waals surface area contributed by atoms with Gasteiger partial charge in [0.25, 0.3) is 0 Å². The van der Waals surface area contributed by atoms with Gasteiger partial charge in [-0.1, -0.05) is 40.2 Å². The molecule has 10 unspecified atom stereocenters. The molecule has 0 aromatic heterocycles. The number of Topliss-reactive ketones (excluding diaryl/α,β-unsaturated/α-hetero) is 1. The van der Waals surface area contributed by atoms with Gasteiger partial charge in [0, 0.05) is 55.6 Å². The Morgan fingerprint density at radius 1 is 0.970 bits per heavy atom. The van der Waals surface area contributed by atoms with Crippen LogP contribution in [0.4, 0.5) is 4.79 Å². The number of carbonyl (C=O) groups is 10. The zero-order valence-corrected chi connectivity index (χ0v) is 39.0. The monoisotopic (exact) mass is 983 g/mol. The van der Waals surface area contributed by atoms with Crippen LogP contribution in [0.2, 0.25) is 0 Å². The maximum absolute atomic E-state index is 13.2. The molecule has 12 N–H and O–H groups in total. The van der Waals surface area contributed by atoms with Gasteiger partial charge < -0.3 is 67.0 Å². The van der Waals surface area contributed by atoms with Crippen molar-refractivity contribution in [3.8, 4) is 0 Å². The highest BCUT2D eigenvalue weighted by molar-refractivity contribution is 8.76. The number of hydrogen-bond acceptors (Lipinski definition) is 17. The molecule has 3 rings (SSSR count). The summed E-state index contributed by atoms with van der Waals surface area (Å²) in [6, 6.07) is -6.28. The van der Waals surface area contributed by atoms with E-state index in [9.17, 15) is 68.4 Å². The standard InChI is InChI=1S/C42H61N7O16S2/c1-22(51)46-28(5-4-13-45-39(43)44)35(57)48-30(18-33(55)56)37(59)47-29(11-14-50)36(58)49-31(38(60)61)21-67-66-16-15-64-40(62)65-20-25(53)7-9-27-26-8-6-23-17-24(52)10-12-41(23,2)34(26)32(54)19-42(27,3)63/h10,12,14,17,26-32,34,54,63H,4-9,11,13,15-16,18-21H2,1-3H3,(H,46,51)(H,47,59)(H,48,57)(H,49,58)(H,55,56)(H,60,61)(H4,43,44,45). The molecule has 67 heavy (non-hydrogen) atoms. The van der Waals surface area contributed by atoms with Gasteiger partial charge in [-0.3, -0.25) is 39.0 Å². The lowest BCUT2D eigenvalue weighted by molar-refractivity contribution is -0.160. The number of fused-ring (bicyclic) bond motifs is 3. The minimum atomic E-state index is -1.80. The normalized spacial score (nSPS) is 24.6. The number of carboxylic acids is 2. The van der Waals surface area contributed by atoms with E-state index in [1.807, 2.05) is 13.0 Å². The minimum absolute atomic E-state index is 0.00797. The van der Waals surface area contributed by atoms with Crippen molar-refractivity contribution in [2.45, 2.75) is 114 Å². The van der Waals surface area contributed by atoms with Crippen LogP contribution in [0.3, 0.4) is 0 Å². The molecule has 0 heterocycles. The summed E-state index contributed by atoms with van der Waals surface area (Å²) >= 11 is 0. The second-order valence-corrected chi connectivity index (χ2v) is 19.6. The van der Waals surface area contributed by atoms with Crippen molar-refractivity contribution in [2.75, 3.05) is 31.3 Å². The van der Waals surface area contributed by atoms with Crippen LogP contribution in [0.1, 0.15) is 78.6 Å². The van der Waals surface area contributed by atoms with Crippen LogP contribution >= 0.6 is 21.6 Å². The van der Waals surface area contributed by atoms with Gasteiger partial charge in [0.05, 0.1) is 18.1 Å². The predicted octanol–water partition coefficient (Wildman–Crippen LogP) is -0.529. The molecule has 23 nitrogen and oxygen atoms in total. The first kappa shape index (κ1) is 55.8. The first-order valence-electron chi connectivity index (χ1n) is 21.5. The third kappa shape index (κ3) is 17.3. The molecule has 0 aromatic carbocycles. The second kappa shape index (κ2) is 26.1. The van der Waals surface area contributed by atoms with E-state index >= 15 is 0 Å². The Morgan fingerprint density at radius 3 is 2.27 bits per heavy atom. The summed E-state index contributed by atoms with van der Waals surface area (Å²) in [6.45, 7) is 4.13. The molecule has 4 amide bonds. The number of nitrogens with one attached hydrogen (secondary N) is 6. The van der Waals surface area contributed by atoms with E-state index in [2.05, 4.69) is 26.6 Å². The van der Waals surface area contributed by atoms with Crippen LogP contribution in [-0.2, 0) is 52.6 Å². The molecule has 3 aliphatic rings. The summed E-state index contributed by atoms with van der Waals surface area (Å²) in [5.74, 6) is -8.59. The number of allylic oxidation sites excluding steroid dienone is 4. The number of rotatable bonds is 27. The molecular formula is C42H61N7O16S2. The van der Waals surface area contributed by atoms with Crippen molar-refractivity contribution in [2.24, 2.45) is 28.9 Å². The quantitative estimate of drug-likeness (QED) is 0.0123. The first-order chi connectivity index (χ1) is 31.5. The topological polar surface area (TPSA) is 380 Å². The van der Waals surface area contributed by atoms with Gasteiger partial charge in [-0.2, -0.15) is 0 Å². The number of aliphatic hydroxyl groups excluding tert-OH is 1. The Hall–Kier alpha value is -5.53. The van der Waals surface area contributed by atoms with Crippen LogP contribution in [0.25, 0.3) is 0 Å². The highest BCUT2D eigenvalue weighted by Gasteiger charge is 2.57. The average molecular weight is 984 g/mol. The molecule has 0 aromatic rings. The Kier molecular flexibility index (Phi) is 21.8. The molecule has 2 saturated carbocycles. The number of nitrogens with two attached hydrogens (primary N) is 1. The number of hydrogen-bond donors (Lipinski definition) is 11. The van der Waals surface area contributed by atoms with Crippen LogP contribution in [-0.4, -0.2) is 153 Å². The number of carboxylic acid groups (broad SMARTS) is 2. The molecule has 0 aliphatic heterocycles. The lowest BCUT2D eigenvalue weighted by Gasteiger charge is -2.58. The minimum Gasteiger partial charge on any atom is -0.481 e. The van der Waals surface area contributed by atoms with Crippen molar-refractivity contribution < 1.29 is 77.8 Å². The fraction of sp³-hybridized carbons (Fsp3) is 0.643. The van der Waals surface area contributed by atoms with Gasteiger partial charge in [0.15, 0.2) is 24.1 Å². The lowest BCUT2D eigenvalue weighted by Crippen LogP contribution is -2.58. The molecule has 0 spiro atoms. The van der Waals surface area contributed by atoms with E-state index in [0.717, 1.165) is 34.1 Å². The van der Waals surface area contributed by atoms with Crippen molar-refractivity contribution in [1.29, 1.82) is 5.41 Å². The maximum Gasteiger partial charge on any atom is 0.508 e. The van der Waals surface area contributed by atoms with Gasteiger partial charge in [-0.15, -0.1) is 0 Å². The summed E-state index contributed by atoms with van der Waals surface area (Å²) in [5.41, 5.74) is 4.36. The Labute approximate surface area is 394 Å². The summed E-state index contributed by atoms with van der Waals surface area (Å²) in [5, 5.41) is 60.4. The molecule has 372 valence electrons. The van der Waals surface area contributed by atoms with E-state index in [4.69, 9.17) is 20.6 Å². The number of guanidine groups is 1. The lowest BCUT2D eigenvalue weighted by atomic mass is 9.48. The Balaban J connectivity index is 1.43. The van der Waals surface area contributed by atoms with Crippen molar-refractivity contribution in [3.05, 3.63) is 23.8 Å². The zero-order valence-electron chi connectivity index (χ0n) is 37.4. The molecule has 2 fully saturated rings. The zero-order chi connectivity index (χ0) is 50.1. The number of aliphatic hydroxyl groups is 2. The molecule has 0 bridgehead atoms. The number of aliphatic carboxylic acids is 2. The van der Waals surface area contributed by atoms with Crippen molar-refractivity contribution in [1.82, 2.24) is 26.6 Å². The maximum atomic E-state index is 13.2. The highest BCUT2D eigenvalue weighted by atomic mass is 33.1. The van der Waals surface area contributed by atoms with Crippen LogP contribution in [0.5, 0.6) is 0 Å². The molecule has 3 aliphatic carbocycles. The first-order valence-corrected chi connectivity index (χ1v) is 24.0. The van der Waals surface area contributed by atoms with E-state index in [0.29, 0.717) is 12.8 Å². The fourth-order valence-electron chi connectivity index (χ4n) is 8.83. The van der Waals surface area contributed by atoms with Crippen LogP contribution < -0.4 is 32.3 Å². The Morgan fingerprint density at radius 2 is 1.63 bits per heavy atom. The highest BCUT2D eigenvalue weighted by Crippen LogP contribution is 2.59. The summed E-state index contributed by atoms with van der Waals surface area (Å²) in [4.78, 5) is 123. The number of amides is 4. The third-order valence-corrected chi connectivity index (χ3v) is 14.3. The molecular weight excluding hydrogens is 923 g/mol. The van der Waals surface area contributed by atoms with Gasteiger partial charge in [0.2, 0.25) is 23.6 Å². The van der Waals surface area contributed by atoms with E-state index in [1.54, 1.807) is 13.0 Å². The SMILES string of the molecule is CC(=O)NC(CCCNC(=N)N)C(=O)NC(CC(=O)O)C(=O)NC(CC=O)C(=O)NC(CSSCCOC(=O)OCC(=O)CCC1C2CCC3=CC(=O)C=CC3(C)C2C(O)CC1(C)O)C(=O)O. The number of aldehydes is 1. The van der Waals surface area contributed by atoms with Crippen LogP contribution in [0.15, 0.2) is 23.8 Å². The summed E-state index contributed by atoms with van der Waals surface area (Å²) in [6.07, 6.45) is 3.48. The summed E-state index contributed by atoms with van der Waals surface area (Å²) < 4.78 is 9.98. The summed E-state index contributed by atoms with van der Waals surface area (Å²) in [7, 11) is 2.02. The van der Waals surface area contributed by atoms with E-state index in [1.165, 1.54) is 6.08 Å². The van der Waals surface area contributed by atoms with E-state index < -0.39 is 108 Å². The average Bonchev–Trinajstić information content (AvgIpc) is 3.23. The number of carbonyl (C=O) groups excluding carboxylic acids is 8. The van der Waals surface area contributed by atoms with Gasteiger partial charge in [-0.05, 0) is 63.0 Å². The third-order valence-electron chi connectivity index (χ3n) is 11.9. The van der Waals surface area contributed by atoms with Crippen LogP contribution in [0, 0.1) is 28.6 Å². The molecule has 0 radical (unpaired) electrons. The largest absolute Gasteiger partial charge is 0.508 e. The van der Waals surface area contributed by atoms with E-state index in [-0.39, 0.29) is 92.5 Å². The molecule has 10 atom stereocenters. The second-order valence-electron chi connectivity index (χ2n) is 17.0. The van der Waals surface area contributed by atoms with Crippen molar-refractivity contribution >= 4 is 87.1 Å². The Bertz CT molecular complexity index is 1950. The molecule has 25 heteroatoms. The fourth-order valence-corrected chi connectivity index (χ4v) is 10.8. The smallest absolute Gasteiger partial charge is 0.481 e.